The van der Waals surface area contributed by atoms with Gasteiger partial charge in [0.1, 0.15) is 35.0 Å². The van der Waals surface area contributed by atoms with E-state index in [1.165, 1.54) is 19.0 Å². The van der Waals surface area contributed by atoms with Crippen molar-refractivity contribution in [1.82, 2.24) is 10.2 Å². The van der Waals surface area contributed by atoms with E-state index in [9.17, 15) is 39.6 Å². The Bertz CT molecular complexity index is 1660. The van der Waals surface area contributed by atoms with Crippen LogP contribution in [0.15, 0.2) is 53.0 Å². The summed E-state index contributed by atoms with van der Waals surface area (Å²) in [6.07, 6.45) is -1.71. The van der Waals surface area contributed by atoms with Gasteiger partial charge in [-0.2, -0.15) is 0 Å². The number of amides is 3. The molecule has 0 spiro atoms. The molecule has 2 aliphatic rings. The summed E-state index contributed by atoms with van der Waals surface area (Å²) in [4.78, 5) is 57.2. The van der Waals surface area contributed by atoms with Crippen LogP contribution in [0.2, 0.25) is 0 Å². The Balaban J connectivity index is 1.78. The van der Waals surface area contributed by atoms with Gasteiger partial charge in [-0.3, -0.25) is 19.3 Å². The number of carbonyl (C=O) groups excluding carboxylic acids is 4. The van der Waals surface area contributed by atoms with Crippen molar-refractivity contribution in [1.29, 1.82) is 0 Å². The van der Waals surface area contributed by atoms with Gasteiger partial charge in [-0.25, -0.2) is 4.79 Å². The highest BCUT2D eigenvalue weighted by molar-refractivity contribution is 6.21. The van der Waals surface area contributed by atoms with Crippen LogP contribution in [0.3, 0.4) is 0 Å². The number of hydrogen-bond donors (Lipinski definition) is 7. The number of primary amides is 1. The summed E-state index contributed by atoms with van der Waals surface area (Å²) in [7, 11) is 10.2. The van der Waals surface area contributed by atoms with Gasteiger partial charge in [0.15, 0.2) is 11.6 Å². The monoisotopic (exact) mass is 650 g/mol. The number of nitrogens with two attached hydrogens (primary N) is 1. The highest BCUT2D eigenvalue weighted by Gasteiger charge is 2.43. The number of likely N-dealkylation sites (N-methyl/N-ethyl adjacent to an activating group) is 1. The van der Waals surface area contributed by atoms with Crippen LogP contribution in [0.25, 0.3) is 0 Å². The number of nitrogens with zero attached hydrogens (tertiary/aromatic N) is 3. The van der Waals surface area contributed by atoms with Crippen molar-refractivity contribution >= 4 is 40.6 Å². The topological polar surface area (TPSA) is 209 Å². The Hall–Kier alpha value is -5.08. The molecule has 3 amide bonds. The first kappa shape index (κ1) is 34.8. The lowest BCUT2D eigenvalue weighted by atomic mass is 9.73. The molecular weight excluding hydrogens is 608 g/mol. The maximum Gasteiger partial charge on any atom is 0.319 e. The van der Waals surface area contributed by atoms with Gasteiger partial charge in [-0.15, -0.1) is 0 Å². The largest absolute Gasteiger partial charge is 0.510 e. The number of rotatable bonds is 7. The van der Waals surface area contributed by atoms with Crippen LogP contribution >= 0.6 is 0 Å². The Morgan fingerprint density at radius 2 is 1.57 bits per heavy atom. The number of hydrogen-bond acceptors (Lipinski definition) is 11. The predicted molar refractivity (Wildman–Crippen MR) is 177 cm³/mol. The number of ketones is 2. The third-order valence-corrected chi connectivity index (χ3v) is 8.51. The van der Waals surface area contributed by atoms with Crippen LogP contribution in [0.1, 0.15) is 34.3 Å². The second-order valence-electron chi connectivity index (χ2n) is 12.4. The van der Waals surface area contributed by atoms with Gasteiger partial charge in [0.2, 0.25) is 0 Å². The zero-order chi connectivity index (χ0) is 34.9. The minimum atomic E-state index is -1.70. The Morgan fingerprint density at radius 1 is 0.936 bits per heavy atom. The minimum absolute atomic E-state index is 0.0526. The fraction of sp³-hybridized carbons (Fsp3) is 0.394. The lowest BCUT2D eigenvalue weighted by molar-refractivity contribution is -0.127. The van der Waals surface area contributed by atoms with E-state index in [1.807, 2.05) is 31.1 Å². The molecular formula is C33H42N6O8. The smallest absolute Gasteiger partial charge is 0.319 e. The van der Waals surface area contributed by atoms with Crippen molar-refractivity contribution in [2.24, 2.45) is 11.7 Å². The molecule has 0 aliphatic heterocycles. The van der Waals surface area contributed by atoms with Gasteiger partial charge in [0.25, 0.3) is 5.91 Å². The summed E-state index contributed by atoms with van der Waals surface area (Å²) < 4.78 is 0. The van der Waals surface area contributed by atoms with E-state index in [2.05, 4.69) is 10.6 Å². The van der Waals surface area contributed by atoms with Gasteiger partial charge in [0, 0.05) is 62.9 Å². The number of aromatic hydroxyl groups is 1. The molecule has 0 heterocycles. The van der Waals surface area contributed by atoms with Crippen LogP contribution in [0.5, 0.6) is 5.75 Å². The van der Waals surface area contributed by atoms with Crippen LogP contribution in [-0.4, -0.2) is 103 Å². The van der Waals surface area contributed by atoms with Crippen molar-refractivity contribution in [3.63, 3.8) is 0 Å². The molecule has 0 fully saturated rings. The van der Waals surface area contributed by atoms with E-state index >= 15 is 0 Å². The Labute approximate surface area is 272 Å². The average Bonchev–Trinajstić information content (AvgIpc) is 2.98. The molecule has 3 atom stereocenters. The van der Waals surface area contributed by atoms with E-state index in [4.69, 9.17) is 5.73 Å². The number of benzene rings is 2. The van der Waals surface area contributed by atoms with E-state index in [0.717, 1.165) is 5.69 Å². The molecule has 0 saturated heterocycles. The molecule has 0 saturated carbocycles. The van der Waals surface area contributed by atoms with Crippen molar-refractivity contribution in [2.45, 2.75) is 38.0 Å². The normalized spacial score (nSPS) is 23.1. The van der Waals surface area contributed by atoms with Crippen LogP contribution in [0, 0.1) is 5.92 Å². The van der Waals surface area contributed by atoms with Gasteiger partial charge in [-0.05, 0) is 75.2 Å². The Kier molecular flexibility index (Phi) is 10.2. The third-order valence-electron chi connectivity index (χ3n) is 8.51. The number of urea groups is 1. The van der Waals surface area contributed by atoms with Crippen molar-refractivity contribution < 1.29 is 39.6 Å². The van der Waals surface area contributed by atoms with Crippen LogP contribution < -0.4 is 26.2 Å². The third kappa shape index (κ3) is 6.88. The number of phenolic OH excluding ortho intramolecular Hbond substituents is 1. The zero-order valence-electron chi connectivity index (χ0n) is 27.3. The van der Waals surface area contributed by atoms with E-state index in [-0.39, 0.29) is 42.5 Å². The van der Waals surface area contributed by atoms with Crippen LogP contribution in [-0.2, 0) is 22.6 Å². The molecule has 2 aliphatic carbocycles. The molecule has 8 N–H and O–H groups in total. The highest BCUT2D eigenvalue weighted by Crippen LogP contribution is 2.45. The second kappa shape index (κ2) is 13.7. The molecule has 2 aromatic carbocycles. The second-order valence-corrected chi connectivity index (χ2v) is 12.4. The molecule has 47 heavy (non-hydrogen) atoms. The van der Waals surface area contributed by atoms with Gasteiger partial charge < -0.3 is 46.6 Å². The standard InChI is InChI=1S/C33H42N6O8/c1-37(2)19-10-8-18(9-11-19)36-33(47)35-15-17-14-21(38(3)4)20-13-16-7-12-22(40)28(42)25(32(34)46)31(45)26(39(5)6)30(44)23(16)29(43)24(20)27(17)41/h8-11,14,16,22,26,40-41,44-45H,7,12-13,15H2,1-6H3,(H2,34,46)(H2,35,36,47)/b30-23-,31-25-/t16?,22-,26+/m1/s1. The van der Waals surface area contributed by atoms with Crippen molar-refractivity contribution in [3.8, 4) is 5.75 Å². The summed E-state index contributed by atoms with van der Waals surface area (Å²) in [6, 6.07) is 6.78. The number of carbonyl (C=O) groups is 4. The highest BCUT2D eigenvalue weighted by atomic mass is 16.3. The quantitative estimate of drug-likeness (QED) is 0.216. The first-order chi connectivity index (χ1) is 22.0. The lowest BCUT2D eigenvalue weighted by Gasteiger charge is -2.35. The first-order valence-corrected chi connectivity index (χ1v) is 15.0. The Morgan fingerprint density at radius 3 is 2.13 bits per heavy atom. The molecule has 2 aromatic rings. The molecule has 14 heteroatoms. The van der Waals surface area contributed by atoms with E-state index in [1.54, 1.807) is 37.2 Å². The van der Waals surface area contributed by atoms with Crippen molar-refractivity contribution in [2.75, 3.05) is 57.4 Å². The fourth-order valence-corrected chi connectivity index (χ4v) is 6.10. The van der Waals surface area contributed by atoms with Crippen LogP contribution in [0.4, 0.5) is 21.9 Å². The number of phenols is 1. The summed E-state index contributed by atoms with van der Waals surface area (Å²) in [5, 5.41) is 50.3. The number of aliphatic hydroxyl groups excluding tert-OH is 3. The average molecular weight is 651 g/mol. The minimum Gasteiger partial charge on any atom is -0.510 e. The summed E-state index contributed by atoms with van der Waals surface area (Å²) >= 11 is 0. The molecule has 14 nitrogen and oxygen atoms in total. The van der Waals surface area contributed by atoms with Gasteiger partial charge in [-0.1, -0.05) is 0 Å². The lowest BCUT2D eigenvalue weighted by Crippen LogP contribution is -2.41. The molecule has 4 rings (SSSR count). The summed E-state index contributed by atoms with van der Waals surface area (Å²) in [5.41, 5.74) is 7.10. The number of fused-ring (bicyclic) bond motifs is 2. The maximum atomic E-state index is 14.3. The SMILES string of the molecule is CN(C)c1ccc(NC(=O)NCc2cc(N(C)C)c3c(c2O)C(=O)/C2=C(\O)[C@H](N(C)C)/C(O)=C(/C(N)=O)C(=O)[C@H](O)CCC2C3)cc1. The van der Waals surface area contributed by atoms with Crippen molar-refractivity contribution in [3.05, 3.63) is 69.7 Å². The molecule has 0 bridgehead atoms. The van der Waals surface area contributed by atoms with Gasteiger partial charge >= 0.3 is 6.03 Å². The fourth-order valence-electron chi connectivity index (χ4n) is 6.10. The van der Waals surface area contributed by atoms with E-state index in [0.29, 0.717) is 16.9 Å². The number of nitrogens with one attached hydrogen (secondary N) is 2. The predicted octanol–water partition coefficient (Wildman–Crippen LogP) is 1.96. The number of allylic oxidation sites excluding steroid dienone is 1. The number of Topliss-reactive ketones (excluding diaryl/α,β-unsaturated/α-hetero) is 2. The molecule has 0 radical (unpaired) electrons. The van der Waals surface area contributed by atoms with E-state index < -0.39 is 64.4 Å². The number of anilines is 3. The summed E-state index contributed by atoms with van der Waals surface area (Å²) in [5.74, 6) is -5.76. The first-order valence-electron chi connectivity index (χ1n) is 15.0. The molecule has 252 valence electrons. The molecule has 0 aromatic heterocycles. The number of aliphatic hydroxyl groups is 3. The maximum absolute atomic E-state index is 14.3. The van der Waals surface area contributed by atoms with Gasteiger partial charge in [0.05, 0.1) is 5.56 Å². The molecule has 1 unspecified atom stereocenters. The summed E-state index contributed by atoms with van der Waals surface area (Å²) in [6.45, 7) is -0.149. The zero-order valence-corrected chi connectivity index (χ0v) is 27.3.